The lowest BCUT2D eigenvalue weighted by atomic mass is 10.2. The number of ether oxygens (including phenoxy) is 1. The molecule has 1 rings (SSSR count). The third-order valence-corrected chi connectivity index (χ3v) is 2.81. The standard InChI is InChI=1S/C12H14Cl2N2O2/c1-3-6-15-12(18-2)16-11(17)8-4-5-9(13)10(14)7-8/h4-5,7H,3,6H2,1-2H3,(H,15,16,17). The second-order valence-corrected chi connectivity index (χ2v) is 4.29. The molecule has 0 bridgehead atoms. The van der Waals surface area contributed by atoms with E-state index in [-0.39, 0.29) is 11.9 Å². The Kier molecular flexibility index (Phi) is 5.95. The van der Waals surface area contributed by atoms with Crippen molar-refractivity contribution in [1.82, 2.24) is 5.32 Å². The van der Waals surface area contributed by atoms with Gasteiger partial charge >= 0.3 is 0 Å². The van der Waals surface area contributed by atoms with Crippen molar-refractivity contribution in [3.8, 4) is 0 Å². The number of carbonyl (C=O) groups excluding carboxylic acids is 1. The summed E-state index contributed by atoms with van der Waals surface area (Å²) >= 11 is 11.6. The number of carbonyl (C=O) groups is 1. The van der Waals surface area contributed by atoms with Crippen LogP contribution < -0.4 is 5.32 Å². The highest BCUT2D eigenvalue weighted by atomic mass is 35.5. The van der Waals surface area contributed by atoms with Gasteiger partial charge in [-0.2, -0.15) is 0 Å². The Morgan fingerprint density at radius 1 is 1.39 bits per heavy atom. The van der Waals surface area contributed by atoms with E-state index >= 15 is 0 Å². The molecular formula is C12H14Cl2N2O2. The molecule has 0 spiro atoms. The van der Waals surface area contributed by atoms with Crippen molar-refractivity contribution < 1.29 is 9.53 Å². The highest BCUT2D eigenvalue weighted by Crippen LogP contribution is 2.22. The quantitative estimate of drug-likeness (QED) is 0.686. The summed E-state index contributed by atoms with van der Waals surface area (Å²) < 4.78 is 4.96. The summed E-state index contributed by atoms with van der Waals surface area (Å²) in [6.07, 6.45) is 0.871. The monoisotopic (exact) mass is 288 g/mol. The third kappa shape index (κ3) is 4.20. The summed E-state index contributed by atoms with van der Waals surface area (Å²) in [5.41, 5.74) is 0.394. The van der Waals surface area contributed by atoms with Crippen molar-refractivity contribution in [2.24, 2.45) is 4.99 Å². The van der Waals surface area contributed by atoms with Crippen LogP contribution >= 0.6 is 23.2 Å². The molecule has 0 saturated carbocycles. The van der Waals surface area contributed by atoms with Crippen molar-refractivity contribution in [1.29, 1.82) is 0 Å². The zero-order valence-corrected chi connectivity index (χ0v) is 11.7. The van der Waals surface area contributed by atoms with Crippen LogP contribution in [0.1, 0.15) is 23.7 Å². The summed E-state index contributed by atoms with van der Waals surface area (Å²) in [5, 5.41) is 3.28. The van der Waals surface area contributed by atoms with Crippen molar-refractivity contribution in [2.45, 2.75) is 13.3 Å². The molecule has 0 aliphatic heterocycles. The second-order valence-electron chi connectivity index (χ2n) is 3.47. The van der Waals surface area contributed by atoms with Gasteiger partial charge in [0.2, 0.25) is 0 Å². The molecule has 1 aromatic carbocycles. The number of nitrogens with one attached hydrogen (secondary N) is 1. The lowest BCUT2D eigenvalue weighted by Gasteiger charge is -2.07. The molecule has 1 N–H and O–H groups in total. The van der Waals surface area contributed by atoms with E-state index in [1.807, 2.05) is 6.92 Å². The Balaban J connectivity index is 2.78. The van der Waals surface area contributed by atoms with Crippen LogP contribution in [-0.2, 0) is 4.74 Å². The minimum atomic E-state index is -0.342. The lowest BCUT2D eigenvalue weighted by molar-refractivity contribution is 0.0968. The second kappa shape index (κ2) is 7.24. The normalized spacial score (nSPS) is 11.2. The van der Waals surface area contributed by atoms with Gasteiger partial charge in [-0.05, 0) is 24.6 Å². The molecule has 0 atom stereocenters. The van der Waals surface area contributed by atoms with Gasteiger partial charge in [0.05, 0.1) is 17.2 Å². The molecule has 0 heterocycles. The minimum Gasteiger partial charge on any atom is -0.468 e. The minimum absolute atomic E-state index is 0.188. The first kappa shape index (κ1) is 14.8. The van der Waals surface area contributed by atoms with Crippen molar-refractivity contribution in [2.75, 3.05) is 13.7 Å². The van der Waals surface area contributed by atoms with Gasteiger partial charge in [0.15, 0.2) is 0 Å². The van der Waals surface area contributed by atoms with Crippen LogP contribution in [0.25, 0.3) is 0 Å². The van der Waals surface area contributed by atoms with Crippen LogP contribution in [0.15, 0.2) is 23.2 Å². The number of hydrogen-bond donors (Lipinski definition) is 1. The average molecular weight is 289 g/mol. The molecule has 0 unspecified atom stereocenters. The van der Waals surface area contributed by atoms with Gasteiger partial charge in [0.1, 0.15) is 0 Å². The zero-order chi connectivity index (χ0) is 13.5. The number of halogens is 2. The highest BCUT2D eigenvalue weighted by molar-refractivity contribution is 6.42. The first-order chi connectivity index (χ1) is 8.58. The van der Waals surface area contributed by atoms with Crippen LogP contribution in [0.5, 0.6) is 0 Å². The molecule has 0 saturated heterocycles. The maximum absolute atomic E-state index is 11.9. The Hall–Kier alpha value is -1.26. The zero-order valence-electron chi connectivity index (χ0n) is 10.2. The van der Waals surface area contributed by atoms with E-state index in [0.29, 0.717) is 22.2 Å². The Morgan fingerprint density at radius 2 is 2.11 bits per heavy atom. The summed E-state index contributed by atoms with van der Waals surface area (Å²) in [5.74, 6) is -0.342. The van der Waals surface area contributed by atoms with Crippen LogP contribution in [0.2, 0.25) is 10.0 Å². The van der Waals surface area contributed by atoms with Crippen LogP contribution in [0.4, 0.5) is 0 Å². The van der Waals surface area contributed by atoms with Crippen LogP contribution in [-0.4, -0.2) is 25.6 Å². The SMILES string of the molecule is CCCN=C(NC(=O)c1ccc(Cl)c(Cl)c1)OC. The first-order valence-corrected chi connectivity index (χ1v) is 6.19. The van der Waals surface area contributed by atoms with Gasteiger partial charge in [-0.1, -0.05) is 30.1 Å². The maximum atomic E-state index is 11.9. The average Bonchev–Trinajstić information content (AvgIpc) is 2.37. The van der Waals surface area contributed by atoms with Gasteiger partial charge < -0.3 is 4.74 Å². The molecule has 0 fully saturated rings. The molecule has 0 aliphatic carbocycles. The van der Waals surface area contributed by atoms with Crippen LogP contribution in [0.3, 0.4) is 0 Å². The molecule has 1 amide bonds. The van der Waals surface area contributed by atoms with Gasteiger partial charge in [-0.15, -0.1) is 0 Å². The van der Waals surface area contributed by atoms with Gasteiger partial charge in [-0.3, -0.25) is 10.1 Å². The molecule has 1 aromatic rings. The van der Waals surface area contributed by atoms with Crippen molar-refractivity contribution in [3.05, 3.63) is 33.8 Å². The predicted octanol–water partition coefficient (Wildman–Crippen LogP) is 3.14. The Morgan fingerprint density at radius 3 is 2.67 bits per heavy atom. The molecule has 98 valence electrons. The molecule has 18 heavy (non-hydrogen) atoms. The lowest BCUT2D eigenvalue weighted by Crippen LogP contribution is -2.32. The topological polar surface area (TPSA) is 50.7 Å². The number of aliphatic imine (C=N–C) groups is 1. The van der Waals surface area contributed by atoms with E-state index in [1.165, 1.54) is 13.2 Å². The number of nitrogens with zero attached hydrogens (tertiary/aromatic N) is 1. The van der Waals surface area contributed by atoms with E-state index < -0.39 is 0 Å². The maximum Gasteiger partial charge on any atom is 0.291 e. The fraction of sp³-hybridized carbons (Fsp3) is 0.333. The third-order valence-electron chi connectivity index (χ3n) is 2.07. The molecule has 4 nitrogen and oxygen atoms in total. The number of methoxy groups -OCH3 is 1. The summed E-state index contributed by atoms with van der Waals surface area (Å²) in [6, 6.07) is 4.82. The largest absolute Gasteiger partial charge is 0.468 e. The number of hydrogen-bond acceptors (Lipinski definition) is 3. The predicted molar refractivity (Wildman–Crippen MR) is 73.5 cm³/mol. The van der Waals surface area contributed by atoms with Crippen LogP contribution in [0, 0.1) is 0 Å². The summed E-state index contributed by atoms with van der Waals surface area (Å²) in [6.45, 7) is 2.57. The van der Waals surface area contributed by atoms with Crippen molar-refractivity contribution in [3.63, 3.8) is 0 Å². The molecule has 0 aliphatic rings. The number of amidine groups is 1. The molecule has 0 aromatic heterocycles. The highest BCUT2D eigenvalue weighted by Gasteiger charge is 2.10. The number of rotatable bonds is 3. The van der Waals surface area contributed by atoms with E-state index in [9.17, 15) is 4.79 Å². The van der Waals surface area contributed by atoms with Gasteiger partial charge in [-0.25, -0.2) is 4.99 Å². The van der Waals surface area contributed by atoms with Gasteiger partial charge in [0, 0.05) is 12.1 Å². The molecule has 6 heteroatoms. The fourth-order valence-corrected chi connectivity index (χ4v) is 1.47. The van der Waals surface area contributed by atoms with Gasteiger partial charge in [0.25, 0.3) is 11.9 Å². The number of benzene rings is 1. The van der Waals surface area contributed by atoms with E-state index in [2.05, 4.69) is 10.3 Å². The van der Waals surface area contributed by atoms with E-state index in [1.54, 1.807) is 12.1 Å². The first-order valence-electron chi connectivity index (χ1n) is 5.43. The smallest absolute Gasteiger partial charge is 0.291 e. The Bertz CT molecular complexity index is 461. The molecular weight excluding hydrogens is 275 g/mol. The van der Waals surface area contributed by atoms with E-state index in [4.69, 9.17) is 27.9 Å². The molecule has 0 radical (unpaired) electrons. The Labute approximate surface area is 116 Å². The van der Waals surface area contributed by atoms with Crippen molar-refractivity contribution >= 4 is 35.1 Å². The fourth-order valence-electron chi connectivity index (χ4n) is 1.18. The van der Waals surface area contributed by atoms with E-state index in [0.717, 1.165) is 6.42 Å². The summed E-state index contributed by atoms with van der Waals surface area (Å²) in [4.78, 5) is 15.9. The summed E-state index contributed by atoms with van der Waals surface area (Å²) in [7, 11) is 1.45. The number of amides is 1.